The summed E-state index contributed by atoms with van der Waals surface area (Å²) in [5.41, 5.74) is 0.498. The molecule has 0 spiro atoms. The molecule has 0 N–H and O–H groups in total. The predicted octanol–water partition coefficient (Wildman–Crippen LogP) is 4.65. The molecule has 0 aromatic rings. The molecule has 2 atom stereocenters. The second-order valence-corrected chi connectivity index (χ2v) is 5.77. The second-order valence-electron chi connectivity index (χ2n) is 5.77. The van der Waals surface area contributed by atoms with Crippen molar-refractivity contribution in [2.75, 3.05) is 7.11 Å². The summed E-state index contributed by atoms with van der Waals surface area (Å²) in [7, 11) is 1.83. The molecule has 0 aliphatic heterocycles. The summed E-state index contributed by atoms with van der Waals surface area (Å²) in [6.07, 6.45) is 6.98. The van der Waals surface area contributed by atoms with Gasteiger partial charge in [0.1, 0.15) is 0 Å². The number of rotatable bonds is 2. The van der Waals surface area contributed by atoms with Gasteiger partial charge in [0.15, 0.2) is 0 Å². The lowest BCUT2D eigenvalue weighted by Crippen LogP contribution is -2.31. The zero-order chi connectivity index (χ0) is 11.9. The van der Waals surface area contributed by atoms with E-state index < -0.39 is 0 Å². The predicted molar refractivity (Wildman–Crippen MR) is 68.2 cm³/mol. The Bertz CT molecular complexity index is 149. The first-order valence-corrected chi connectivity index (χ1v) is 6.48. The molecule has 0 heterocycles. The molecule has 1 rings (SSSR count). The lowest BCUT2D eigenvalue weighted by atomic mass is 9.71. The molecule has 0 bridgehead atoms. The first-order chi connectivity index (χ1) is 6.95. The van der Waals surface area contributed by atoms with Crippen molar-refractivity contribution in [1.29, 1.82) is 0 Å². The van der Waals surface area contributed by atoms with Crippen molar-refractivity contribution in [3.8, 4) is 0 Å². The molecule has 1 fully saturated rings. The average Bonchev–Trinajstić information content (AvgIpc) is 2.15. The van der Waals surface area contributed by atoms with Crippen LogP contribution in [0.2, 0.25) is 0 Å². The Labute approximate surface area is 96.6 Å². The topological polar surface area (TPSA) is 9.23 Å². The highest BCUT2D eigenvalue weighted by Crippen LogP contribution is 2.39. The largest absolute Gasteiger partial charge is 0.381 e. The maximum absolute atomic E-state index is 5.40. The standard InChI is InChI=1S/C10H20O.C4H10/c1-8-5-9(11-4)7-10(2,3)6-8;1-3-4-2/h8-9H,5-7H2,1-4H3;3-4H2,1-2H3. The summed E-state index contributed by atoms with van der Waals surface area (Å²) in [5, 5.41) is 0. The van der Waals surface area contributed by atoms with E-state index in [0.29, 0.717) is 11.5 Å². The molecule has 0 aromatic carbocycles. The summed E-state index contributed by atoms with van der Waals surface area (Å²) in [5.74, 6) is 0.837. The third kappa shape index (κ3) is 6.94. The van der Waals surface area contributed by atoms with Gasteiger partial charge in [0.05, 0.1) is 6.10 Å². The summed E-state index contributed by atoms with van der Waals surface area (Å²) < 4.78 is 5.40. The van der Waals surface area contributed by atoms with Crippen LogP contribution in [0.4, 0.5) is 0 Å². The zero-order valence-electron chi connectivity index (χ0n) is 11.6. The second kappa shape index (κ2) is 7.27. The molecule has 2 unspecified atom stereocenters. The lowest BCUT2D eigenvalue weighted by molar-refractivity contribution is 0.00513. The molecule has 0 aromatic heterocycles. The van der Waals surface area contributed by atoms with Gasteiger partial charge in [-0.2, -0.15) is 0 Å². The highest BCUT2D eigenvalue weighted by atomic mass is 16.5. The van der Waals surface area contributed by atoms with Gasteiger partial charge in [-0.05, 0) is 30.6 Å². The number of methoxy groups -OCH3 is 1. The van der Waals surface area contributed by atoms with E-state index in [1.165, 1.54) is 32.1 Å². The van der Waals surface area contributed by atoms with Gasteiger partial charge in [0, 0.05) is 7.11 Å². The van der Waals surface area contributed by atoms with Crippen LogP contribution in [0.15, 0.2) is 0 Å². The van der Waals surface area contributed by atoms with E-state index in [1.54, 1.807) is 0 Å². The molecule has 92 valence electrons. The Morgan fingerprint density at radius 2 is 1.67 bits per heavy atom. The monoisotopic (exact) mass is 214 g/mol. The van der Waals surface area contributed by atoms with Gasteiger partial charge < -0.3 is 4.74 Å². The van der Waals surface area contributed by atoms with E-state index in [9.17, 15) is 0 Å². The fraction of sp³-hybridized carbons (Fsp3) is 1.00. The Balaban J connectivity index is 0.000000423. The van der Waals surface area contributed by atoms with E-state index in [4.69, 9.17) is 4.74 Å². The number of hydrogen-bond donors (Lipinski definition) is 0. The van der Waals surface area contributed by atoms with Crippen molar-refractivity contribution in [3.63, 3.8) is 0 Å². The lowest BCUT2D eigenvalue weighted by Gasteiger charge is -2.38. The molecular formula is C14H30O. The van der Waals surface area contributed by atoms with Gasteiger partial charge in [-0.1, -0.05) is 47.5 Å². The number of hydrogen-bond acceptors (Lipinski definition) is 1. The van der Waals surface area contributed by atoms with Gasteiger partial charge in [0.2, 0.25) is 0 Å². The van der Waals surface area contributed by atoms with Crippen LogP contribution in [-0.4, -0.2) is 13.2 Å². The van der Waals surface area contributed by atoms with Gasteiger partial charge >= 0.3 is 0 Å². The summed E-state index contributed by atoms with van der Waals surface area (Å²) in [6, 6.07) is 0. The van der Waals surface area contributed by atoms with E-state index in [2.05, 4.69) is 34.6 Å². The number of unbranched alkanes of at least 4 members (excludes halogenated alkanes) is 1. The van der Waals surface area contributed by atoms with Crippen LogP contribution in [0.5, 0.6) is 0 Å². The third-order valence-electron chi connectivity index (χ3n) is 3.18. The molecule has 0 radical (unpaired) electrons. The maximum atomic E-state index is 5.40. The van der Waals surface area contributed by atoms with Crippen LogP contribution in [0.1, 0.15) is 66.7 Å². The Morgan fingerprint density at radius 3 is 2.00 bits per heavy atom. The van der Waals surface area contributed by atoms with E-state index in [0.717, 1.165) is 5.92 Å². The first-order valence-electron chi connectivity index (χ1n) is 6.48. The smallest absolute Gasteiger partial charge is 0.0579 e. The fourth-order valence-electron chi connectivity index (χ4n) is 2.44. The minimum atomic E-state index is 0.498. The molecule has 1 heteroatoms. The van der Waals surface area contributed by atoms with Crippen molar-refractivity contribution in [3.05, 3.63) is 0 Å². The van der Waals surface area contributed by atoms with Crippen LogP contribution < -0.4 is 0 Å². The number of ether oxygens (including phenoxy) is 1. The van der Waals surface area contributed by atoms with Crippen molar-refractivity contribution in [2.45, 2.75) is 72.8 Å². The van der Waals surface area contributed by atoms with Crippen LogP contribution in [-0.2, 0) is 4.74 Å². The van der Waals surface area contributed by atoms with Crippen molar-refractivity contribution in [2.24, 2.45) is 11.3 Å². The first kappa shape index (κ1) is 15.0. The third-order valence-corrected chi connectivity index (χ3v) is 3.18. The van der Waals surface area contributed by atoms with Gasteiger partial charge in [-0.25, -0.2) is 0 Å². The maximum Gasteiger partial charge on any atom is 0.0579 e. The highest BCUT2D eigenvalue weighted by molar-refractivity contribution is 4.82. The molecule has 1 saturated carbocycles. The molecule has 1 aliphatic carbocycles. The molecule has 15 heavy (non-hydrogen) atoms. The van der Waals surface area contributed by atoms with Crippen LogP contribution in [0.25, 0.3) is 0 Å². The molecule has 0 saturated heterocycles. The molecule has 1 aliphatic rings. The normalized spacial score (nSPS) is 29.2. The Kier molecular flexibility index (Phi) is 7.25. The van der Waals surface area contributed by atoms with Gasteiger partial charge in [0.25, 0.3) is 0 Å². The van der Waals surface area contributed by atoms with E-state index in [1.807, 2.05) is 7.11 Å². The average molecular weight is 214 g/mol. The van der Waals surface area contributed by atoms with Crippen molar-refractivity contribution >= 4 is 0 Å². The van der Waals surface area contributed by atoms with Gasteiger partial charge in [-0.15, -0.1) is 0 Å². The molecular weight excluding hydrogens is 184 g/mol. The van der Waals surface area contributed by atoms with Crippen molar-refractivity contribution in [1.82, 2.24) is 0 Å². The summed E-state index contributed by atoms with van der Waals surface area (Å²) in [6.45, 7) is 11.4. The minimum absolute atomic E-state index is 0.498. The minimum Gasteiger partial charge on any atom is -0.381 e. The van der Waals surface area contributed by atoms with Gasteiger partial charge in [-0.3, -0.25) is 0 Å². The van der Waals surface area contributed by atoms with Crippen LogP contribution >= 0.6 is 0 Å². The van der Waals surface area contributed by atoms with Crippen LogP contribution in [0, 0.1) is 11.3 Å². The summed E-state index contributed by atoms with van der Waals surface area (Å²) in [4.78, 5) is 0. The molecule has 1 nitrogen and oxygen atoms in total. The van der Waals surface area contributed by atoms with E-state index in [-0.39, 0.29) is 0 Å². The van der Waals surface area contributed by atoms with Crippen LogP contribution in [0.3, 0.4) is 0 Å². The molecule has 0 amide bonds. The van der Waals surface area contributed by atoms with Crippen molar-refractivity contribution < 1.29 is 4.74 Å². The highest BCUT2D eigenvalue weighted by Gasteiger charge is 2.31. The fourth-order valence-corrected chi connectivity index (χ4v) is 2.44. The Hall–Kier alpha value is -0.0400. The zero-order valence-corrected chi connectivity index (χ0v) is 11.6. The Morgan fingerprint density at radius 1 is 1.13 bits per heavy atom. The van der Waals surface area contributed by atoms with E-state index >= 15 is 0 Å². The quantitative estimate of drug-likeness (QED) is 0.650. The SMILES string of the molecule is CCCC.COC1CC(C)CC(C)(C)C1. The summed E-state index contributed by atoms with van der Waals surface area (Å²) >= 11 is 0.